The zero-order valence-electron chi connectivity index (χ0n) is 10.4. The van der Waals surface area contributed by atoms with Crippen LogP contribution in [0.15, 0.2) is 45.5 Å². The number of furan rings is 1. The Hall–Kier alpha value is -1.75. The van der Waals surface area contributed by atoms with Crippen molar-refractivity contribution < 1.29 is 14.3 Å². The van der Waals surface area contributed by atoms with Crippen molar-refractivity contribution in [2.45, 2.75) is 19.4 Å². The second kappa shape index (κ2) is 5.93. The lowest BCUT2D eigenvalue weighted by atomic mass is 10.1. The van der Waals surface area contributed by atoms with E-state index in [0.29, 0.717) is 16.6 Å². The molecular formula is C14H14BrNO3. The minimum absolute atomic E-state index is 0.0681. The summed E-state index contributed by atoms with van der Waals surface area (Å²) >= 11 is 3.26. The topological polar surface area (TPSA) is 62.5 Å². The van der Waals surface area contributed by atoms with Crippen molar-refractivity contribution in [2.24, 2.45) is 0 Å². The van der Waals surface area contributed by atoms with E-state index in [2.05, 4.69) is 21.2 Å². The third-order valence-electron chi connectivity index (χ3n) is 2.72. The number of carbonyl (C=O) groups is 1. The number of nitrogens with one attached hydrogen (secondary N) is 1. The maximum Gasteiger partial charge on any atom is 0.338 e. The quantitative estimate of drug-likeness (QED) is 0.878. The molecule has 2 aromatic rings. The zero-order chi connectivity index (χ0) is 13.8. The highest BCUT2D eigenvalue weighted by atomic mass is 79.9. The van der Waals surface area contributed by atoms with Gasteiger partial charge in [0.2, 0.25) is 0 Å². The largest absolute Gasteiger partial charge is 0.478 e. The molecule has 1 unspecified atom stereocenters. The van der Waals surface area contributed by atoms with Gasteiger partial charge in [-0.3, -0.25) is 0 Å². The van der Waals surface area contributed by atoms with E-state index in [1.54, 1.807) is 24.5 Å². The molecule has 0 aliphatic rings. The molecular weight excluding hydrogens is 310 g/mol. The SMILES string of the molecule is CC(Cc1ccco1)Nc1cccc(Br)c1C(=O)O. The van der Waals surface area contributed by atoms with E-state index in [9.17, 15) is 9.90 Å². The fourth-order valence-corrected chi connectivity index (χ4v) is 2.44. The lowest BCUT2D eigenvalue weighted by Crippen LogP contribution is -2.19. The lowest BCUT2D eigenvalue weighted by Gasteiger charge is -2.16. The average molecular weight is 324 g/mol. The Morgan fingerprint density at radius 3 is 2.84 bits per heavy atom. The van der Waals surface area contributed by atoms with Crippen molar-refractivity contribution in [3.63, 3.8) is 0 Å². The Bertz CT molecular complexity index is 566. The van der Waals surface area contributed by atoms with Crippen LogP contribution >= 0.6 is 15.9 Å². The standard InChI is InChI=1S/C14H14BrNO3/c1-9(8-10-4-3-7-19-10)16-12-6-2-5-11(15)13(12)14(17)18/h2-7,9,16H,8H2,1H3,(H,17,18). The summed E-state index contributed by atoms with van der Waals surface area (Å²) in [6, 6.07) is 9.08. The Morgan fingerprint density at radius 1 is 1.42 bits per heavy atom. The molecule has 0 spiro atoms. The van der Waals surface area contributed by atoms with Crippen LogP contribution in [0, 0.1) is 0 Å². The predicted molar refractivity (Wildman–Crippen MR) is 76.6 cm³/mol. The van der Waals surface area contributed by atoms with E-state index < -0.39 is 5.97 Å². The summed E-state index contributed by atoms with van der Waals surface area (Å²) in [6.07, 6.45) is 2.32. The first-order valence-electron chi connectivity index (χ1n) is 5.88. The van der Waals surface area contributed by atoms with Gasteiger partial charge in [-0.1, -0.05) is 6.07 Å². The van der Waals surface area contributed by atoms with Crippen molar-refractivity contribution in [1.29, 1.82) is 0 Å². The Balaban J connectivity index is 2.14. The number of benzene rings is 1. The van der Waals surface area contributed by atoms with Crippen LogP contribution in [0.4, 0.5) is 5.69 Å². The fraction of sp³-hybridized carbons (Fsp3) is 0.214. The molecule has 0 bridgehead atoms. The summed E-state index contributed by atoms with van der Waals surface area (Å²) in [5, 5.41) is 12.4. The highest BCUT2D eigenvalue weighted by Crippen LogP contribution is 2.25. The molecule has 5 heteroatoms. The number of hydrogen-bond donors (Lipinski definition) is 2. The number of hydrogen-bond acceptors (Lipinski definition) is 3. The van der Waals surface area contributed by atoms with Crippen LogP contribution in [-0.2, 0) is 6.42 Å². The Morgan fingerprint density at radius 2 is 2.21 bits per heavy atom. The van der Waals surface area contributed by atoms with E-state index in [0.717, 1.165) is 5.76 Å². The first-order chi connectivity index (χ1) is 9.08. The first-order valence-corrected chi connectivity index (χ1v) is 6.68. The molecule has 0 radical (unpaired) electrons. The molecule has 0 saturated heterocycles. The average Bonchev–Trinajstić information content (AvgIpc) is 2.81. The second-order valence-electron chi connectivity index (χ2n) is 4.30. The van der Waals surface area contributed by atoms with Gasteiger partial charge in [-0.05, 0) is 47.1 Å². The van der Waals surface area contributed by atoms with E-state index in [-0.39, 0.29) is 11.6 Å². The monoisotopic (exact) mass is 323 g/mol. The van der Waals surface area contributed by atoms with Gasteiger partial charge in [0.25, 0.3) is 0 Å². The van der Waals surface area contributed by atoms with Gasteiger partial charge < -0.3 is 14.8 Å². The van der Waals surface area contributed by atoms with Gasteiger partial charge in [-0.2, -0.15) is 0 Å². The lowest BCUT2D eigenvalue weighted by molar-refractivity contribution is 0.0697. The third-order valence-corrected chi connectivity index (χ3v) is 3.38. The number of carboxylic acids is 1. The van der Waals surface area contributed by atoms with Crippen LogP contribution in [0.2, 0.25) is 0 Å². The highest BCUT2D eigenvalue weighted by Gasteiger charge is 2.15. The van der Waals surface area contributed by atoms with Crippen LogP contribution in [0.25, 0.3) is 0 Å². The first kappa shape index (κ1) is 13.7. The smallest absolute Gasteiger partial charge is 0.338 e. The predicted octanol–water partition coefficient (Wildman–Crippen LogP) is 3.78. The van der Waals surface area contributed by atoms with Gasteiger partial charge in [0.1, 0.15) is 5.76 Å². The molecule has 0 amide bonds. The molecule has 4 nitrogen and oxygen atoms in total. The summed E-state index contributed by atoms with van der Waals surface area (Å²) in [5.74, 6) is -0.0907. The van der Waals surface area contributed by atoms with E-state index in [4.69, 9.17) is 4.42 Å². The van der Waals surface area contributed by atoms with Crippen LogP contribution in [-0.4, -0.2) is 17.1 Å². The summed E-state index contributed by atoms with van der Waals surface area (Å²) in [7, 11) is 0. The van der Waals surface area contributed by atoms with Gasteiger partial charge in [-0.15, -0.1) is 0 Å². The summed E-state index contributed by atoms with van der Waals surface area (Å²) in [5.41, 5.74) is 0.842. The molecule has 0 saturated carbocycles. The second-order valence-corrected chi connectivity index (χ2v) is 5.15. The normalized spacial score (nSPS) is 12.1. The minimum Gasteiger partial charge on any atom is -0.478 e. The highest BCUT2D eigenvalue weighted by molar-refractivity contribution is 9.10. The molecule has 0 fully saturated rings. The molecule has 2 N–H and O–H groups in total. The number of aromatic carboxylic acids is 1. The number of rotatable bonds is 5. The maximum atomic E-state index is 11.3. The molecule has 19 heavy (non-hydrogen) atoms. The molecule has 100 valence electrons. The van der Waals surface area contributed by atoms with Crippen molar-refractivity contribution in [3.05, 3.63) is 52.4 Å². The third kappa shape index (κ3) is 3.38. The van der Waals surface area contributed by atoms with Gasteiger partial charge >= 0.3 is 5.97 Å². The van der Waals surface area contributed by atoms with Crippen LogP contribution in [0.3, 0.4) is 0 Å². The molecule has 1 atom stereocenters. The Labute approximate surface area is 119 Å². The maximum absolute atomic E-state index is 11.3. The summed E-state index contributed by atoms with van der Waals surface area (Å²) < 4.78 is 5.84. The van der Waals surface area contributed by atoms with Crippen LogP contribution in [0.5, 0.6) is 0 Å². The molecule has 1 heterocycles. The molecule has 1 aromatic heterocycles. The Kier molecular flexibility index (Phi) is 4.27. The van der Waals surface area contributed by atoms with Gasteiger partial charge in [0, 0.05) is 16.9 Å². The molecule has 2 rings (SSSR count). The number of carboxylic acid groups (broad SMARTS) is 1. The van der Waals surface area contributed by atoms with Crippen LogP contribution < -0.4 is 5.32 Å². The minimum atomic E-state index is -0.958. The molecule has 0 aliphatic carbocycles. The summed E-state index contributed by atoms with van der Waals surface area (Å²) in [6.45, 7) is 1.98. The number of halogens is 1. The molecule has 1 aromatic carbocycles. The van der Waals surface area contributed by atoms with Gasteiger partial charge in [0.05, 0.1) is 17.5 Å². The van der Waals surface area contributed by atoms with Crippen molar-refractivity contribution >= 4 is 27.6 Å². The van der Waals surface area contributed by atoms with Crippen LogP contribution in [0.1, 0.15) is 23.0 Å². The van der Waals surface area contributed by atoms with Crippen molar-refractivity contribution in [2.75, 3.05) is 5.32 Å². The van der Waals surface area contributed by atoms with Crippen molar-refractivity contribution in [1.82, 2.24) is 0 Å². The van der Waals surface area contributed by atoms with E-state index >= 15 is 0 Å². The molecule has 0 aliphatic heterocycles. The fourth-order valence-electron chi connectivity index (χ4n) is 1.91. The summed E-state index contributed by atoms with van der Waals surface area (Å²) in [4.78, 5) is 11.3. The zero-order valence-corrected chi connectivity index (χ0v) is 12.0. The number of anilines is 1. The van der Waals surface area contributed by atoms with E-state index in [1.807, 2.05) is 19.1 Å². The van der Waals surface area contributed by atoms with Gasteiger partial charge in [-0.25, -0.2) is 4.79 Å². The van der Waals surface area contributed by atoms with Gasteiger partial charge in [0.15, 0.2) is 0 Å². The van der Waals surface area contributed by atoms with E-state index in [1.165, 1.54) is 0 Å². The van der Waals surface area contributed by atoms with Crippen molar-refractivity contribution in [3.8, 4) is 0 Å².